The molecule has 0 saturated carbocycles. The lowest BCUT2D eigenvalue weighted by atomic mass is 10.1. The molecule has 0 radical (unpaired) electrons. The molecule has 4 heteroatoms. The second kappa shape index (κ2) is 6.72. The zero-order valence-electron chi connectivity index (χ0n) is 11.2. The minimum Gasteiger partial charge on any atom is -0.497 e. The molecule has 0 heterocycles. The highest BCUT2D eigenvalue weighted by molar-refractivity contribution is 5.85. The van der Waals surface area contributed by atoms with E-state index in [1.165, 1.54) is 0 Å². The summed E-state index contributed by atoms with van der Waals surface area (Å²) in [5.74, 6) is 1.67. The molecule has 0 aromatic heterocycles. The van der Waals surface area contributed by atoms with Gasteiger partial charge in [-0.1, -0.05) is 6.07 Å². The largest absolute Gasteiger partial charge is 0.497 e. The van der Waals surface area contributed by atoms with Crippen LogP contribution in [-0.4, -0.2) is 19.8 Å². The number of ether oxygens (including phenoxy) is 2. The van der Waals surface area contributed by atoms with E-state index in [4.69, 9.17) is 9.47 Å². The van der Waals surface area contributed by atoms with Gasteiger partial charge in [-0.25, -0.2) is 0 Å². The van der Waals surface area contributed by atoms with Gasteiger partial charge in [0.2, 0.25) is 0 Å². The molecule has 0 fully saturated rings. The first-order valence-corrected chi connectivity index (χ1v) is 5.42. The van der Waals surface area contributed by atoms with E-state index < -0.39 is 0 Å². The zero-order valence-corrected chi connectivity index (χ0v) is 12.0. The summed E-state index contributed by atoms with van der Waals surface area (Å²) in [6.45, 7) is 7.21. The fourth-order valence-corrected chi connectivity index (χ4v) is 1.36. The standard InChI is InChI=1S/C13H21NO2.ClH/c1-13(2,3)14-9-10-6-7-11(15-4)8-12(10)16-5;/h6-8,14H,9H2,1-5H3;1H. The summed E-state index contributed by atoms with van der Waals surface area (Å²) in [6, 6.07) is 5.87. The highest BCUT2D eigenvalue weighted by Gasteiger charge is 2.11. The molecule has 0 bridgehead atoms. The van der Waals surface area contributed by atoms with Gasteiger partial charge >= 0.3 is 0 Å². The van der Waals surface area contributed by atoms with Crippen LogP contribution in [0.25, 0.3) is 0 Å². The number of methoxy groups -OCH3 is 2. The van der Waals surface area contributed by atoms with Crippen molar-refractivity contribution in [3.63, 3.8) is 0 Å². The zero-order chi connectivity index (χ0) is 12.2. The number of halogens is 1. The Morgan fingerprint density at radius 2 is 1.76 bits per heavy atom. The Balaban J connectivity index is 0.00000256. The second-order valence-electron chi connectivity index (χ2n) is 4.78. The molecule has 0 amide bonds. The third-order valence-corrected chi connectivity index (χ3v) is 2.30. The molecule has 0 saturated heterocycles. The smallest absolute Gasteiger partial charge is 0.127 e. The van der Waals surface area contributed by atoms with Crippen molar-refractivity contribution in [1.82, 2.24) is 5.32 Å². The van der Waals surface area contributed by atoms with Gasteiger partial charge in [0.05, 0.1) is 14.2 Å². The molecule has 1 aromatic rings. The monoisotopic (exact) mass is 259 g/mol. The highest BCUT2D eigenvalue weighted by Crippen LogP contribution is 2.24. The van der Waals surface area contributed by atoms with Gasteiger partial charge in [0, 0.05) is 23.7 Å². The number of rotatable bonds is 4. The summed E-state index contributed by atoms with van der Waals surface area (Å²) >= 11 is 0. The van der Waals surface area contributed by atoms with Crippen molar-refractivity contribution in [2.75, 3.05) is 14.2 Å². The Labute approximate surface area is 110 Å². The van der Waals surface area contributed by atoms with Crippen LogP contribution in [0.5, 0.6) is 11.5 Å². The molecule has 3 nitrogen and oxygen atoms in total. The lowest BCUT2D eigenvalue weighted by molar-refractivity contribution is 0.381. The van der Waals surface area contributed by atoms with Gasteiger partial charge in [-0.15, -0.1) is 12.4 Å². The normalized spacial score (nSPS) is 10.6. The maximum atomic E-state index is 5.33. The van der Waals surface area contributed by atoms with Crippen LogP contribution >= 0.6 is 12.4 Å². The fraction of sp³-hybridized carbons (Fsp3) is 0.538. The van der Waals surface area contributed by atoms with Crippen molar-refractivity contribution < 1.29 is 9.47 Å². The van der Waals surface area contributed by atoms with Crippen LogP contribution in [0.4, 0.5) is 0 Å². The molecule has 98 valence electrons. The van der Waals surface area contributed by atoms with Crippen molar-refractivity contribution in [3.8, 4) is 11.5 Å². The maximum Gasteiger partial charge on any atom is 0.127 e. The van der Waals surface area contributed by atoms with E-state index >= 15 is 0 Å². The molecule has 0 spiro atoms. The molecule has 0 atom stereocenters. The van der Waals surface area contributed by atoms with Crippen molar-refractivity contribution in [2.24, 2.45) is 0 Å². The third kappa shape index (κ3) is 5.29. The first kappa shape index (κ1) is 16.1. The average Bonchev–Trinajstić information content (AvgIpc) is 2.25. The lowest BCUT2D eigenvalue weighted by Gasteiger charge is -2.21. The van der Waals surface area contributed by atoms with Crippen molar-refractivity contribution >= 4 is 12.4 Å². The van der Waals surface area contributed by atoms with E-state index in [2.05, 4.69) is 26.1 Å². The Kier molecular flexibility index (Phi) is 6.35. The number of nitrogens with one attached hydrogen (secondary N) is 1. The van der Waals surface area contributed by atoms with Crippen LogP contribution in [0.3, 0.4) is 0 Å². The molecule has 1 aromatic carbocycles. The second-order valence-corrected chi connectivity index (χ2v) is 4.78. The Bertz CT molecular complexity index is 348. The van der Waals surface area contributed by atoms with Crippen LogP contribution in [0, 0.1) is 0 Å². The topological polar surface area (TPSA) is 30.5 Å². The molecular weight excluding hydrogens is 238 g/mol. The minimum absolute atomic E-state index is 0. The fourth-order valence-electron chi connectivity index (χ4n) is 1.36. The van der Waals surface area contributed by atoms with Gasteiger partial charge in [0.1, 0.15) is 11.5 Å². The van der Waals surface area contributed by atoms with Crippen LogP contribution in [0.1, 0.15) is 26.3 Å². The van der Waals surface area contributed by atoms with Gasteiger partial charge in [-0.3, -0.25) is 0 Å². The van der Waals surface area contributed by atoms with Gasteiger partial charge < -0.3 is 14.8 Å². The molecular formula is C13H22ClNO2. The Hall–Kier alpha value is -0.930. The third-order valence-electron chi connectivity index (χ3n) is 2.30. The molecule has 0 aliphatic rings. The number of benzene rings is 1. The van der Waals surface area contributed by atoms with Crippen molar-refractivity contribution in [3.05, 3.63) is 23.8 Å². The predicted octanol–water partition coefficient (Wildman–Crippen LogP) is 3.01. The Morgan fingerprint density at radius 3 is 2.24 bits per heavy atom. The van der Waals surface area contributed by atoms with Crippen LogP contribution in [0.15, 0.2) is 18.2 Å². The summed E-state index contributed by atoms with van der Waals surface area (Å²) in [5.41, 5.74) is 1.24. The van der Waals surface area contributed by atoms with E-state index in [1.54, 1.807) is 14.2 Å². The van der Waals surface area contributed by atoms with Gasteiger partial charge in [0.25, 0.3) is 0 Å². The van der Waals surface area contributed by atoms with E-state index in [1.807, 2.05) is 18.2 Å². The van der Waals surface area contributed by atoms with Gasteiger partial charge in [0.15, 0.2) is 0 Å². The Morgan fingerprint density at radius 1 is 1.12 bits per heavy atom. The SMILES string of the molecule is COc1ccc(CNC(C)(C)C)c(OC)c1.Cl. The molecule has 1 N–H and O–H groups in total. The van der Waals surface area contributed by atoms with E-state index in [0.717, 1.165) is 23.6 Å². The summed E-state index contributed by atoms with van der Waals surface area (Å²) in [6.07, 6.45) is 0. The molecule has 0 aliphatic heterocycles. The maximum absolute atomic E-state index is 5.33. The molecule has 0 unspecified atom stereocenters. The molecule has 17 heavy (non-hydrogen) atoms. The first-order valence-electron chi connectivity index (χ1n) is 5.42. The van der Waals surface area contributed by atoms with Crippen molar-refractivity contribution in [1.29, 1.82) is 0 Å². The summed E-state index contributed by atoms with van der Waals surface area (Å²) in [5, 5.41) is 3.43. The van der Waals surface area contributed by atoms with Crippen LogP contribution < -0.4 is 14.8 Å². The van der Waals surface area contributed by atoms with E-state index in [-0.39, 0.29) is 17.9 Å². The van der Waals surface area contributed by atoms with Crippen LogP contribution in [-0.2, 0) is 6.54 Å². The van der Waals surface area contributed by atoms with E-state index in [0.29, 0.717) is 0 Å². The van der Waals surface area contributed by atoms with Gasteiger partial charge in [-0.2, -0.15) is 0 Å². The average molecular weight is 260 g/mol. The minimum atomic E-state index is 0. The lowest BCUT2D eigenvalue weighted by Crippen LogP contribution is -2.35. The van der Waals surface area contributed by atoms with Crippen LogP contribution in [0.2, 0.25) is 0 Å². The number of hydrogen-bond acceptors (Lipinski definition) is 3. The predicted molar refractivity (Wildman–Crippen MR) is 73.4 cm³/mol. The van der Waals surface area contributed by atoms with Gasteiger partial charge in [-0.05, 0) is 26.8 Å². The molecule has 1 rings (SSSR count). The van der Waals surface area contributed by atoms with Crippen molar-refractivity contribution in [2.45, 2.75) is 32.9 Å². The number of hydrogen-bond donors (Lipinski definition) is 1. The highest BCUT2D eigenvalue weighted by atomic mass is 35.5. The summed E-state index contributed by atoms with van der Waals surface area (Å²) < 4.78 is 10.5. The summed E-state index contributed by atoms with van der Waals surface area (Å²) in [4.78, 5) is 0. The molecule has 0 aliphatic carbocycles. The van der Waals surface area contributed by atoms with E-state index in [9.17, 15) is 0 Å². The summed E-state index contributed by atoms with van der Waals surface area (Å²) in [7, 11) is 3.33. The quantitative estimate of drug-likeness (QED) is 0.902. The first-order chi connectivity index (χ1) is 7.46.